The van der Waals surface area contributed by atoms with Crippen LogP contribution in [0.2, 0.25) is 0 Å². The summed E-state index contributed by atoms with van der Waals surface area (Å²) in [5.74, 6) is 0.884. The SMILES string of the molecule is Cc1cnn(-c2ccc(C(=O)NCc3ccnc(N4CCN(C)CC4)c3)cc2)c1. The summed E-state index contributed by atoms with van der Waals surface area (Å²) in [5.41, 5.74) is 3.71. The van der Waals surface area contributed by atoms with Crippen molar-refractivity contribution in [3.63, 3.8) is 0 Å². The van der Waals surface area contributed by atoms with E-state index in [2.05, 4.69) is 38.3 Å². The number of aryl methyl sites for hydroxylation is 1. The third-order valence-corrected chi connectivity index (χ3v) is 5.20. The Balaban J connectivity index is 1.36. The highest BCUT2D eigenvalue weighted by Crippen LogP contribution is 2.15. The molecule has 1 aliphatic rings. The summed E-state index contributed by atoms with van der Waals surface area (Å²) in [6.45, 7) is 6.50. The molecule has 0 bridgehead atoms. The van der Waals surface area contributed by atoms with Gasteiger partial charge in [-0.25, -0.2) is 9.67 Å². The number of hydrogen-bond acceptors (Lipinski definition) is 5. The predicted molar refractivity (Wildman–Crippen MR) is 113 cm³/mol. The van der Waals surface area contributed by atoms with Gasteiger partial charge in [-0.05, 0) is 61.5 Å². The van der Waals surface area contributed by atoms with E-state index in [1.165, 1.54) is 0 Å². The van der Waals surface area contributed by atoms with Gasteiger partial charge in [0, 0.05) is 50.7 Å². The smallest absolute Gasteiger partial charge is 0.251 e. The average molecular weight is 390 g/mol. The fraction of sp³-hybridized carbons (Fsp3) is 0.318. The minimum atomic E-state index is -0.0915. The third kappa shape index (κ3) is 4.63. The van der Waals surface area contributed by atoms with Gasteiger partial charge >= 0.3 is 0 Å². The van der Waals surface area contributed by atoms with Crippen molar-refractivity contribution < 1.29 is 4.79 Å². The molecule has 1 N–H and O–H groups in total. The van der Waals surface area contributed by atoms with Gasteiger partial charge in [0.05, 0.1) is 11.9 Å². The third-order valence-electron chi connectivity index (χ3n) is 5.20. The number of amides is 1. The molecule has 2 aromatic heterocycles. The molecule has 150 valence electrons. The summed E-state index contributed by atoms with van der Waals surface area (Å²) in [7, 11) is 2.14. The van der Waals surface area contributed by atoms with Crippen molar-refractivity contribution in [2.75, 3.05) is 38.1 Å². The summed E-state index contributed by atoms with van der Waals surface area (Å²) < 4.78 is 1.80. The number of nitrogens with zero attached hydrogens (tertiary/aromatic N) is 5. The molecule has 0 atom stereocenters. The number of rotatable bonds is 5. The lowest BCUT2D eigenvalue weighted by atomic mass is 10.2. The van der Waals surface area contributed by atoms with E-state index in [0.717, 1.165) is 48.8 Å². The molecule has 7 nitrogen and oxygen atoms in total. The number of benzene rings is 1. The van der Waals surface area contributed by atoms with E-state index >= 15 is 0 Å². The standard InChI is InChI=1S/C22H26N6O/c1-17-14-25-28(16-17)20-5-3-19(4-6-20)22(29)24-15-18-7-8-23-21(13-18)27-11-9-26(2)10-12-27/h3-8,13-14,16H,9-12,15H2,1-2H3,(H,24,29). The van der Waals surface area contributed by atoms with E-state index in [0.29, 0.717) is 12.1 Å². The molecule has 3 heterocycles. The van der Waals surface area contributed by atoms with Crippen LogP contribution in [0.3, 0.4) is 0 Å². The normalized spacial score (nSPS) is 14.8. The van der Waals surface area contributed by atoms with Gasteiger partial charge in [0.25, 0.3) is 5.91 Å². The fourth-order valence-corrected chi connectivity index (χ4v) is 3.38. The second kappa shape index (κ2) is 8.45. The van der Waals surface area contributed by atoms with Crippen molar-refractivity contribution in [1.82, 2.24) is 25.0 Å². The monoisotopic (exact) mass is 390 g/mol. The van der Waals surface area contributed by atoms with Crippen molar-refractivity contribution in [1.29, 1.82) is 0 Å². The van der Waals surface area contributed by atoms with Crippen LogP contribution in [0, 0.1) is 6.92 Å². The average Bonchev–Trinajstić information content (AvgIpc) is 3.19. The summed E-state index contributed by atoms with van der Waals surface area (Å²) in [6.07, 6.45) is 5.58. The van der Waals surface area contributed by atoms with Gasteiger partial charge in [-0.15, -0.1) is 0 Å². The summed E-state index contributed by atoms with van der Waals surface area (Å²) in [6, 6.07) is 11.5. The van der Waals surface area contributed by atoms with Crippen molar-refractivity contribution >= 4 is 11.7 Å². The Labute approximate surface area is 171 Å². The number of hydrogen-bond donors (Lipinski definition) is 1. The van der Waals surface area contributed by atoms with Crippen LogP contribution in [0.1, 0.15) is 21.5 Å². The zero-order chi connectivity index (χ0) is 20.2. The summed E-state index contributed by atoms with van der Waals surface area (Å²) in [5, 5.41) is 7.29. The van der Waals surface area contributed by atoms with Crippen LogP contribution in [0.15, 0.2) is 55.0 Å². The zero-order valence-electron chi connectivity index (χ0n) is 16.9. The number of piperazine rings is 1. The highest BCUT2D eigenvalue weighted by molar-refractivity contribution is 5.94. The van der Waals surface area contributed by atoms with Gasteiger partial charge in [-0.1, -0.05) is 0 Å². The van der Waals surface area contributed by atoms with Crippen LogP contribution in [0.25, 0.3) is 5.69 Å². The first-order chi connectivity index (χ1) is 14.1. The minimum Gasteiger partial charge on any atom is -0.354 e. The molecule has 1 saturated heterocycles. The number of aromatic nitrogens is 3. The number of carbonyl (C=O) groups excluding carboxylic acids is 1. The summed E-state index contributed by atoms with van der Waals surface area (Å²) in [4.78, 5) is 21.6. The molecule has 0 radical (unpaired) electrons. The number of anilines is 1. The molecule has 1 amide bonds. The molecule has 0 saturated carbocycles. The van der Waals surface area contributed by atoms with Gasteiger partial charge in [-0.2, -0.15) is 5.10 Å². The first-order valence-corrected chi connectivity index (χ1v) is 9.87. The number of nitrogens with one attached hydrogen (secondary N) is 1. The van der Waals surface area contributed by atoms with E-state index in [1.54, 1.807) is 4.68 Å². The van der Waals surface area contributed by atoms with Crippen molar-refractivity contribution in [3.05, 3.63) is 71.7 Å². The van der Waals surface area contributed by atoms with Crippen molar-refractivity contribution in [2.45, 2.75) is 13.5 Å². The molecule has 4 rings (SSSR count). The van der Waals surface area contributed by atoms with E-state index in [4.69, 9.17) is 0 Å². The largest absolute Gasteiger partial charge is 0.354 e. The molecule has 0 unspecified atom stereocenters. The molecule has 1 fully saturated rings. The summed E-state index contributed by atoms with van der Waals surface area (Å²) >= 11 is 0. The van der Waals surface area contributed by atoms with Crippen LogP contribution in [0.4, 0.5) is 5.82 Å². The Morgan fingerprint density at radius 2 is 1.86 bits per heavy atom. The molecule has 0 spiro atoms. The Morgan fingerprint density at radius 3 is 2.55 bits per heavy atom. The Bertz CT molecular complexity index is 973. The van der Waals surface area contributed by atoms with E-state index < -0.39 is 0 Å². The Kier molecular flexibility index (Phi) is 5.57. The molecule has 1 aliphatic heterocycles. The number of pyridine rings is 1. The maximum absolute atomic E-state index is 12.5. The molecular weight excluding hydrogens is 364 g/mol. The second-order valence-electron chi connectivity index (χ2n) is 7.50. The van der Waals surface area contributed by atoms with E-state index in [9.17, 15) is 4.79 Å². The zero-order valence-corrected chi connectivity index (χ0v) is 16.9. The fourth-order valence-electron chi connectivity index (χ4n) is 3.38. The van der Waals surface area contributed by atoms with Gasteiger partial charge in [0.2, 0.25) is 0 Å². The Hall–Kier alpha value is -3.19. The van der Waals surface area contributed by atoms with Gasteiger partial charge in [0.1, 0.15) is 5.82 Å². The molecule has 7 heteroatoms. The van der Waals surface area contributed by atoms with Crippen LogP contribution >= 0.6 is 0 Å². The number of likely N-dealkylation sites (N-methyl/N-ethyl adjacent to an activating group) is 1. The van der Waals surface area contributed by atoms with E-state index in [1.807, 2.05) is 55.8 Å². The maximum Gasteiger partial charge on any atom is 0.251 e. The first kappa shape index (κ1) is 19.1. The molecule has 0 aliphatic carbocycles. The molecular formula is C22H26N6O. The lowest BCUT2D eigenvalue weighted by Crippen LogP contribution is -2.44. The number of carbonyl (C=O) groups is 1. The second-order valence-corrected chi connectivity index (χ2v) is 7.50. The van der Waals surface area contributed by atoms with Gasteiger partial charge < -0.3 is 15.1 Å². The van der Waals surface area contributed by atoms with Crippen LogP contribution in [0.5, 0.6) is 0 Å². The molecule has 1 aromatic carbocycles. The maximum atomic E-state index is 12.5. The highest BCUT2D eigenvalue weighted by Gasteiger charge is 2.15. The topological polar surface area (TPSA) is 66.3 Å². The Morgan fingerprint density at radius 1 is 1.10 bits per heavy atom. The van der Waals surface area contributed by atoms with Crippen LogP contribution < -0.4 is 10.2 Å². The lowest BCUT2D eigenvalue weighted by molar-refractivity contribution is 0.0951. The lowest BCUT2D eigenvalue weighted by Gasteiger charge is -2.33. The van der Waals surface area contributed by atoms with E-state index in [-0.39, 0.29) is 5.91 Å². The van der Waals surface area contributed by atoms with Gasteiger partial charge in [-0.3, -0.25) is 4.79 Å². The van der Waals surface area contributed by atoms with Gasteiger partial charge in [0.15, 0.2) is 0 Å². The van der Waals surface area contributed by atoms with Crippen LogP contribution in [-0.4, -0.2) is 58.8 Å². The molecule has 29 heavy (non-hydrogen) atoms. The van der Waals surface area contributed by atoms with Crippen molar-refractivity contribution in [2.24, 2.45) is 0 Å². The van der Waals surface area contributed by atoms with Crippen LogP contribution in [-0.2, 0) is 6.54 Å². The predicted octanol–water partition coefficient (Wildman–Crippen LogP) is 2.26. The molecule has 3 aromatic rings. The minimum absolute atomic E-state index is 0.0915. The highest BCUT2D eigenvalue weighted by atomic mass is 16.1. The van der Waals surface area contributed by atoms with Crippen molar-refractivity contribution in [3.8, 4) is 5.69 Å². The first-order valence-electron chi connectivity index (χ1n) is 9.87. The quantitative estimate of drug-likeness (QED) is 0.724.